The van der Waals surface area contributed by atoms with Crippen LogP contribution in [0.3, 0.4) is 0 Å². The fourth-order valence-electron chi connectivity index (χ4n) is 2.59. The normalized spacial score (nSPS) is 21.4. The lowest BCUT2D eigenvalue weighted by Crippen LogP contribution is -2.37. The second-order valence-electron chi connectivity index (χ2n) is 4.22. The van der Waals surface area contributed by atoms with Crippen LogP contribution in [-0.4, -0.2) is 12.3 Å². The SMILES string of the molecule is CCCC1(C(=O)CN)CCCCC1. The van der Waals surface area contributed by atoms with Crippen LogP contribution in [0.5, 0.6) is 0 Å². The van der Waals surface area contributed by atoms with Gasteiger partial charge in [-0.1, -0.05) is 32.6 Å². The molecule has 0 heterocycles. The Kier molecular flexibility index (Phi) is 3.91. The maximum absolute atomic E-state index is 11.8. The van der Waals surface area contributed by atoms with Crippen molar-refractivity contribution in [2.75, 3.05) is 6.54 Å². The number of hydrogen-bond donors (Lipinski definition) is 1. The highest BCUT2D eigenvalue weighted by Crippen LogP contribution is 2.40. The summed E-state index contributed by atoms with van der Waals surface area (Å²) in [5.74, 6) is 0.300. The van der Waals surface area contributed by atoms with Gasteiger partial charge < -0.3 is 5.73 Å². The average molecular weight is 183 g/mol. The number of nitrogens with two attached hydrogens (primary N) is 1. The lowest BCUT2D eigenvalue weighted by atomic mass is 9.68. The van der Waals surface area contributed by atoms with Crippen molar-refractivity contribution in [3.05, 3.63) is 0 Å². The quantitative estimate of drug-likeness (QED) is 0.726. The van der Waals surface area contributed by atoms with Crippen molar-refractivity contribution in [1.82, 2.24) is 0 Å². The molecule has 2 N–H and O–H groups in total. The summed E-state index contributed by atoms with van der Waals surface area (Å²) in [5, 5.41) is 0. The van der Waals surface area contributed by atoms with E-state index in [9.17, 15) is 4.79 Å². The molecule has 0 radical (unpaired) electrons. The fraction of sp³-hybridized carbons (Fsp3) is 0.909. The largest absolute Gasteiger partial charge is 0.324 e. The predicted octanol–water partition coefficient (Wildman–Crippen LogP) is 2.26. The minimum absolute atomic E-state index is 0.0260. The van der Waals surface area contributed by atoms with Crippen molar-refractivity contribution >= 4 is 5.78 Å². The molecule has 0 atom stereocenters. The van der Waals surface area contributed by atoms with E-state index in [4.69, 9.17) is 5.73 Å². The van der Waals surface area contributed by atoms with Gasteiger partial charge in [-0.05, 0) is 19.3 Å². The van der Waals surface area contributed by atoms with E-state index in [1.54, 1.807) is 0 Å². The fourth-order valence-corrected chi connectivity index (χ4v) is 2.59. The third-order valence-corrected chi connectivity index (χ3v) is 3.32. The Labute approximate surface area is 80.9 Å². The predicted molar refractivity (Wildman–Crippen MR) is 54.5 cm³/mol. The van der Waals surface area contributed by atoms with Crippen molar-refractivity contribution in [2.45, 2.75) is 51.9 Å². The maximum atomic E-state index is 11.8. The van der Waals surface area contributed by atoms with E-state index in [0.29, 0.717) is 5.78 Å². The number of rotatable bonds is 4. The Hall–Kier alpha value is -0.370. The standard InChI is InChI=1S/C11H21NO/c1-2-6-11(10(13)9-12)7-4-3-5-8-11/h2-9,12H2,1H3. The van der Waals surface area contributed by atoms with Gasteiger partial charge in [0, 0.05) is 5.41 Å². The molecule has 1 aliphatic rings. The van der Waals surface area contributed by atoms with Crippen LogP contribution in [0, 0.1) is 5.41 Å². The second-order valence-corrected chi connectivity index (χ2v) is 4.22. The summed E-state index contributed by atoms with van der Waals surface area (Å²) in [5.41, 5.74) is 5.44. The van der Waals surface area contributed by atoms with Gasteiger partial charge in [0.1, 0.15) is 0 Å². The number of carbonyl (C=O) groups is 1. The van der Waals surface area contributed by atoms with Gasteiger partial charge in [0.2, 0.25) is 0 Å². The summed E-state index contributed by atoms with van der Waals surface area (Å²) in [6.07, 6.45) is 8.03. The van der Waals surface area contributed by atoms with E-state index in [-0.39, 0.29) is 12.0 Å². The van der Waals surface area contributed by atoms with E-state index in [2.05, 4.69) is 6.92 Å². The summed E-state index contributed by atoms with van der Waals surface area (Å²) in [7, 11) is 0. The van der Waals surface area contributed by atoms with Crippen LogP contribution in [0.15, 0.2) is 0 Å². The smallest absolute Gasteiger partial charge is 0.152 e. The molecule has 0 aromatic carbocycles. The van der Waals surface area contributed by atoms with Crippen molar-refractivity contribution in [3.63, 3.8) is 0 Å². The summed E-state index contributed by atoms with van der Waals surface area (Å²) in [6, 6.07) is 0. The Morgan fingerprint density at radius 1 is 1.31 bits per heavy atom. The molecule has 1 rings (SSSR count). The molecule has 13 heavy (non-hydrogen) atoms. The molecular weight excluding hydrogens is 162 g/mol. The molecule has 0 bridgehead atoms. The average Bonchev–Trinajstić information content (AvgIpc) is 2.18. The summed E-state index contributed by atoms with van der Waals surface area (Å²) in [6.45, 7) is 2.39. The van der Waals surface area contributed by atoms with Crippen LogP contribution in [0.4, 0.5) is 0 Å². The van der Waals surface area contributed by atoms with E-state index in [1.807, 2.05) is 0 Å². The lowest BCUT2D eigenvalue weighted by Gasteiger charge is -2.35. The first-order valence-corrected chi connectivity index (χ1v) is 5.48. The minimum Gasteiger partial charge on any atom is -0.324 e. The molecule has 0 aliphatic heterocycles. The molecule has 2 heteroatoms. The number of ketones is 1. The monoisotopic (exact) mass is 183 g/mol. The molecule has 0 aromatic heterocycles. The van der Waals surface area contributed by atoms with Crippen LogP contribution >= 0.6 is 0 Å². The van der Waals surface area contributed by atoms with Crippen LogP contribution in [-0.2, 0) is 4.79 Å². The Bertz CT molecular complexity index is 165. The van der Waals surface area contributed by atoms with Gasteiger partial charge in [-0.25, -0.2) is 0 Å². The summed E-state index contributed by atoms with van der Waals surface area (Å²) < 4.78 is 0. The van der Waals surface area contributed by atoms with Crippen LogP contribution in [0.2, 0.25) is 0 Å². The first-order chi connectivity index (χ1) is 6.25. The molecule has 2 nitrogen and oxygen atoms in total. The van der Waals surface area contributed by atoms with E-state index >= 15 is 0 Å². The van der Waals surface area contributed by atoms with Gasteiger partial charge in [-0.15, -0.1) is 0 Å². The molecule has 1 fully saturated rings. The van der Waals surface area contributed by atoms with Gasteiger partial charge in [0.05, 0.1) is 6.54 Å². The highest BCUT2D eigenvalue weighted by atomic mass is 16.1. The van der Waals surface area contributed by atoms with Crippen LogP contribution in [0.1, 0.15) is 51.9 Å². The lowest BCUT2D eigenvalue weighted by molar-refractivity contribution is -0.129. The van der Waals surface area contributed by atoms with Crippen LogP contribution < -0.4 is 5.73 Å². The molecular formula is C11H21NO. The Morgan fingerprint density at radius 3 is 2.38 bits per heavy atom. The highest BCUT2D eigenvalue weighted by Gasteiger charge is 2.36. The number of Topliss-reactive ketones (excluding diaryl/α,β-unsaturated/α-hetero) is 1. The summed E-state index contributed by atoms with van der Waals surface area (Å²) >= 11 is 0. The highest BCUT2D eigenvalue weighted by molar-refractivity contribution is 5.86. The van der Waals surface area contributed by atoms with Gasteiger partial charge in [0.15, 0.2) is 5.78 Å². The topological polar surface area (TPSA) is 43.1 Å². The number of hydrogen-bond acceptors (Lipinski definition) is 2. The zero-order chi connectivity index (χ0) is 9.73. The molecule has 0 unspecified atom stereocenters. The minimum atomic E-state index is -0.0260. The maximum Gasteiger partial charge on any atom is 0.152 e. The van der Waals surface area contributed by atoms with Gasteiger partial charge >= 0.3 is 0 Å². The zero-order valence-electron chi connectivity index (χ0n) is 8.64. The molecule has 0 spiro atoms. The van der Waals surface area contributed by atoms with Gasteiger partial charge in [-0.3, -0.25) is 4.79 Å². The second kappa shape index (κ2) is 4.75. The molecule has 0 aromatic rings. The van der Waals surface area contributed by atoms with Crippen molar-refractivity contribution in [3.8, 4) is 0 Å². The third kappa shape index (κ3) is 2.31. The summed E-state index contributed by atoms with van der Waals surface area (Å²) in [4.78, 5) is 11.8. The first kappa shape index (κ1) is 10.7. The van der Waals surface area contributed by atoms with Gasteiger partial charge in [0.25, 0.3) is 0 Å². The zero-order valence-corrected chi connectivity index (χ0v) is 8.64. The third-order valence-electron chi connectivity index (χ3n) is 3.32. The van der Waals surface area contributed by atoms with E-state index < -0.39 is 0 Å². The van der Waals surface area contributed by atoms with Crippen molar-refractivity contribution in [2.24, 2.45) is 11.1 Å². The van der Waals surface area contributed by atoms with E-state index in [0.717, 1.165) is 25.7 Å². The van der Waals surface area contributed by atoms with Crippen LogP contribution in [0.25, 0.3) is 0 Å². The molecule has 76 valence electrons. The van der Waals surface area contributed by atoms with Crippen molar-refractivity contribution in [1.29, 1.82) is 0 Å². The Morgan fingerprint density at radius 2 is 1.92 bits per heavy atom. The molecule has 1 saturated carbocycles. The molecule has 1 aliphatic carbocycles. The first-order valence-electron chi connectivity index (χ1n) is 5.48. The van der Waals surface area contributed by atoms with E-state index in [1.165, 1.54) is 19.3 Å². The van der Waals surface area contributed by atoms with Gasteiger partial charge in [-0.2, -0.15) is 0 Å². The Balaban J connectivity index is 2.66. The number of carbonyl (C=O) groups excluding carboxylic acids is 1. The van der Waals surface area contributed by atoms with Crippen molar-refractivity contribution < 1.29 is 4.79 Å². The molecule has 0 saturated heterocycles. The molecule has 0 amide bonds.